The molecule has 7 nitrogen and oxygen atoms in total. The average Bonchev–Trinajstić information content (AvgIpc) is 3.12. The van der Waals surface area contributed by atoms with Crippen molar-refractivity contribution < 1.29 is 23.1 Å². The van der Waals surface area contributed by atoms with Crippen molar-refractivity contribution in [1.29, 1.82) is 0 Å². The number of aliphatic hydroxyl groups excluding tert-OH is 1. The molecule has 0 fully saturated rings. The van der Waals surface area contributed by atoms with Gasteiger partial charge in [0.05, 0.1) is 12.1 Å². The third kappa shape index (κ3) is 4.76. The molecule has 148 valence electrons. The molecule has 0 spiro atoms. The van der Waals surface area contributed by atoms with E-state index in [1.54, 1.807) is 24.3 Å². The predicted octanol–water partition coefficient (Wildman–Crippen LogP) is 2.61. The number of nitrogens with one attached hydrogen (secondary N) is 1. The summed E-state index contributed by atoms with van der Waals surface area (Å²) in [6.45, 7) is -0.933. The van der Waals surface area contributed by atoms with Crippen LogP contribution in [0.4, 0.5) is 13.2 Å². The number of fused-ring (bicyclic) bond motifs is 1. The van der Waals surface area contributed by atoms with E-state index < -0.39 is 24.7 Å². The number of nitrogens with zero attached hydrogens (tertiary/aromatic N) is 4. The summed E-state index contributed by atoms with van der Waals surface area (Å²) in [5, 5.41) is 19.9. The number of amides is 1. The summed E-state index contributed by atoms with van der Waals surface area (Å²) in [7, 11) is 0. The first-order valence-electron chi connectivity index (χ1n) is 8.19. The summed E-state index contributed by atoms with van der Waals surface area (Å²) in [4.78, 5) is 17.7. The Bertz CT molecular complexity index is 961. The van der Waals surface area contributed by atoms with Crippen molar-refractivity contribution in [2.75, 3.05) is 13.1 Å². The van der Waals surface area contributed by atoms with Crippen LogP contribution in [-0.4, -0.2) is 61.7 Å². The van der Waals surface area contributed by atoms with Crippen LogP contribution in [0, 0.1) is 0 Å². The van der Waals surface area contributed by atoms with Crippen molar-refractivity contribution >= 4 is 28.7 Å². The Morgan fingerprint density at radius 2 is 1.96 bits per heavy atom. The zero-order chi connectivity index (χ0) is 20.3. The van der Waals surface area contributed by atoms with Crippen LogP contribution >= 0.6 is 11.6 Å². The number of rotatable bonds is 6. The minimum atomic E-state index is -4.84. The fourth-order valence-electron chi connectivity index (χ4n) is 2.54. The lowest BCUT2D eigenvalue weighted by atomic mass is 10.1. The van der Waals surface area contributed by atoms with Gasteiger partial charge in [-0.1, -0.05) is 23.7 Å². The number of aliphatic hydroxyl groups is 1. The van der Waals surface area contributed by atoms with E-state index in [4.69, 9.17) is 11.6 Å². The number of H-pyrrole nitrogens is 1. The van der Waals surface area contributed by atoms with Gasteiger partial charge in [-0.05, 0) is 30.2 Å². The van der Waals surface area contributed by atoms with Crippen LogP contribution in [0.15, 0.2) is 36.5 Å². The maximum atomic E-state index is 12.8. The van der Waals surface area contributed by atoms with E-state index in [0.29, 0.717) is 10.5 Å². The van der Waals surface area contributed by atoms with Crippen LogP contribution in [0.2, 0.25) is 5.02 Å². The van der Waals surface area contributed by atoms with Gasteiger partial charge in [0.1, 0.15) is 5.52 Å². The third-order valence-corrected chi connectivity index (χ3v) is 4.31. The molecule has 2 N–H and O–H groups in total. The van der Waals surface area contributed by atoms with Crippen molar-refractivity contribution in [3.8, 4) is 0 Å². The monoisotopic (exact) mass is 413 g/mol. The van der Waals surface area contributed by atoms with Gasteiger partial charge in [-0.25, -0.2) is 4.98 Å². The van der Waals surface area contributed by atoms with E-state index >= 15 is 0 Å². The average molecular weight is 414 g/mol. The maximum absolute atomic E-state index is 12.8. The largest absolute Gasteiger partial charge is 0.416 e. The molecule has 3 rings (SSSR count). The highest BCUT2D eigenvalue weighted by Crippen LogP contribution is 2.22. The summed E-state index contributed by atoms with van der Waals surface area (Å²) < 4.78 is 38.4. The van der Waals surface area contributed by atoms with Gasteiger partial charge in [0.2, 0.25) is 5.65 Å². The number of aromatic nitrogens is 4. The summed E-state index contributed by atoms with van der Waals surface area (Å²) in [5.74, 6) is -0.699. The van der Waals surface area contributed by atoms with E-state index in [0.717, 1.165) is 10.5 Å². The summed E-state index contributed by atoms with van der Waals surface area (Å²) >= 11 is 5.82. The molecule has 0 aliphatic rings. The van der Waals surface area contributed by atoms with Crippen molar-refractivity contribution in [2.24, 2.45) is 0 Å². The first kappa shape index (κ1) is 20.0. The molecule has 1 aromatic carbocycles. The van der Waals surface area contributed by atoms with Gasteiger partial charge in [-0.15, -0.1) is 5.10 Å². The zero-order valence-electron chi connectivity index (χ0n) is 14.3. The van der Waals surface area contributed by atoms with Crippen LogP contribution in [0.25, 0.3) is 11.2 Å². The molecule has 1 amide bonds. The van der Waals surface area contributed by atoms with E-state index in [1.165, 1.54) is 12.3 Å². The molecule has 11 heteroatoms. The fraction of sp³-hybridized carbons (Fsp3) is 0.294. The number of pyridine rings is 1. The number of carbonyl (C=O) groups excluding carboxylic acids is 1. The minimum absolute atomic E-state index is 0.0372. The Morgan fingerprint density at radius 3 is 2.64 bits per heavy atom. The number of hydrogen-bond donors (Lipinski definition) is 2. The smallest absolute Gasteiger partial charge is 0.382 e. The molecular weight excluding hydrogens is 399 g/mol. The lowest BCUT2D eigenvalue weighted by Gasteiger charge is -2.26. The highest BCUT2D eigenvalue weighted by atomic mass is 35.5. The van der Waals surface area contributed by atoms with Gasteiger partial charge in [0.15, 0.2) is 6.10 Å². The minimum Gasteiger partial charge on any atom is -0.382 e. The van der Waals surface area contributed by atoms with Crippen LogP contribution < -0.4 is 0 Å². The van der Waals surface area contributed by atoms with Gasteiger partial charge in [-0.3, -0.25) is 4.79 Å². The molecule has 0 bridgehead atoms. The van der Waals surface area contributed by atoms with E-state index in [-0.39, 0.29) is 24.2 Å². The van der Waals surface area contributed by atoms with Gasteiger partial charge in [0, 0.05) is 17.8 Å². The molecule has 2 heterocycles. The topological polar surface area (TPSA) is 95.0 Å². The van der Waals surface area contributed by atoms with Crippen LogP contribution in [-0.2, 0) is 6.42 Å². The molecule has 28 heavy (non-hydrogen) atoms. The number of halogens is 4. The normalized spacial score (nSPS) is 12.9. The van der Waals surface area contributed by atoms with Crippen LogP contribution in [0.1, 0.15) is 15.9 Å². The van der Waals surface area contributed by atoms with Crippen molar-refractivity contribution in [3.63, 3.8) is 0 Å². The van der Waals surface area contributed by atoms with Crippen molar-refractivity contribution in [2.45, 2.75) is 18.7 Å². The number of carbonyl (C=O) groups is 1. The Kier molecular flexibility index (Phi) is 5.80. The van der Waals surface area contributed by atoms with E-state index in [2.05, 4.69) is 20.4 Å². The molecule has 0 aliphatic heterocycles. The van der Waals surface area contributed by atoms with Crippen molar-refractivity contribution in [3.05, 3.63) is 52.7 Å². The molecule has 0 radical (unpaired) electrons. The van der Waals surface area contributed by atoms with Gasteiger partial charge in [0.25, 0.3) is 5.91 Å². The summed E-state index contributed by atoms with van der Waals surface area (Å²) in [6, 6.07) is 8.11. The van der Waals surface area contributed by atoms with Gasteiger partial charge < -0.3 is 10.0 Å². The van der Waals surface area contributed by atoms with E-state index in [9.17, 15) is 23.1 Å². The quantitative estimate of drug-likeness (QED) is 0.647. The van der Waals surface area contributed by atoms with Gasteiger partial charge >= 0.3 is 6.18 Å². The predicted molar refractivity (Wildman–Crippen MR) is 94.8 cm³/mol. The van der Waals surface area contributed by atoms with Gasteiger partial charge in [-0.2, -0.15) is 23.5 Å². The maximum Gasteiger partial charge on any atom is 0.416 e. The van der Waals surface area contributed by atoms with E-state index in [1.807, 2.05) is 0 Å². The first-order chi connectivity index (χ1) is 13.2. The number of hydrogen-bond acceptors (Lipinski definition) is 5. The highest BCUT2D eigenvalue weighted by molar-refractivity contribution is 6.30. The number of benzene rings is 1. The molecule has 0 saturated heterocycles. The van der Waals surface area contributed by atoms with Crippen LogP contribution in [0.3, 0.4) is 0 Å². The zero-order valence-corrected chi connectivity index (χ0v) is 15.1. The first-order valence-corrected chi connectivity index (χ1v) is 8.57. The lowest BCUT2D eigenvalue weighted by Crippen LogP contribution is -2.44. The van der Waals surface area contributed by atoms with Crippen LogP contribution in [0.5, 0.6) is 0 Å². The summed E-state index contributed by atoms with van der Waals surface area (Å²) in [5.41, 5.74) is 1.42. The molecule has 0 aliphatic carbocycles. The van der Waals surface area contributed by atoms with Crippen molar-refractivity contribution in [1.82, 2.24) is 25.3 Å². The second-order valence-corrected chi connectivity index (χ2v) is 6.51. The third-order valence-electron chi connectivity index (χ3n) is 4.06. The number of aromatic amines is 1. The number of alkyl halides is 3. The molecule has 1 atom stereocenters. The second-order valence-electron chi connectivity index (χ2n) is 6.08. The molecule has 3 aromatic rings. The Hall–Kier alpha value is -2.72. The molecule has 0 saturated carbocycles. The molecule has 1 unspecified atom stereocenters. The molecule has 2 aromatic heterocycles. The summed E-state index contributed by atoms with van der Waals surface area (Å²) in [6.07, 6.45) is -6.01. The second kappa shape index (κ2) is 8.11. The SMILES string of the molecule is O=C(c1cnc2n[nH]nc2c1)N(CCc1ccc(Cl)cc1)CC(O)C(F)(F)F. The highest BCUT2D eigenvalue weighted by Gasteiger charge is 2.40. The Balaban J connectivity index is 1.81. The lowest BCUT2D eigenvalue weighted by molar-refractivity contribution is -0.206. The Morgan fingerprint density at radius 1 is 1.25 bits per heavy atom. The Labute approximate surface area is 162 Å². The standard InChI is InChI=1S/C17H15ClF3N5O2/c18-12-3-1-10(2-4-12)5-6-26(9-14(27)17(19,20)21)16(28)11-7-13-15(22-8-11)24-25-23-13/h1-4,7-8,14,27H,5-6,9H2,(H,22,23,24,25). The fourth-order valence-corrected chi connectivity index (χ4v) is 2.67. The molecular formula is C17H15ClF3N5O2.